The van der Waals surface area contributed by atoms with Gasteiger partial charge >= 0.3 is 5.69 Å². The number of carbonyl (C=O) groups is 2. The summed E-state index contributed by atoms with van der Waals surface area (Å²) in [5, 5.41) is 2.88. The Hall–Kier alpha value is -3.95. The molecule has 2 atom stereocenters. The summed E-state index contributed by atoms with van der Waals surface area (Å²) in [5.41, 5.74) is -0.174. The van der Waals surface area contributed by atoms with Crippen molar-refractivity contribution in [2.45, 2.75) is 19.8 Å². The molecule has 10 nitrogen and oxygen atoms in total. The number of methoxy groups -OCH3 is 2. The molecule has 0 aliphatic carbocycles. The van der Waals surface area contributed by atoms with Gasteiger partial charge in [-0.15, -0.1) is 0 Å². The number of benzene rings is 1. The Morgan fingerprint density at radius 1 is 1.06 bits per heavy atom. The minimum atomic E-state index is -1.04. The number of aromatic nitrogens is 2. The molecule has 1 aromatic heterocycles. The van der Waals surface area contributed by atoms with E-state index in [1.54, 1.807) is 25.1 Å². The number of H-pyrrole nitrogens is 2. The van der Waals surface area contributed by atoms with E-state index in [0.717, 1.165) is 0 Å². The Morgan fingerprint density at radius 2 is 1.77 bits per heavy atom. The van der Waals surface area contributed by atoms with Crippen LogP contribution in [-0.2, 0) is 9.59 Å². The standard InChI is InChI=1S/C21H20N4O6/c1-8-13(9(2)26)17(27)15-14(10-5-6-11(30-3)12(7-10)31-4)16-19(23-18(15)22-8)24-21(29)25-20(16)28/h5-7,13-14H,1-4H3,(H3,23,24,25,28,29). The molecule has 0 bridgehead atoms. The van der Waals surface area contributed by atoms with Crippen LogP contribution in [0.25, 0.3) is 0 Å². The average Bonchev–Trinajstić information content (AvgIpc) is 2.71. The Kier molecular flexibility index (Phi) is 4.84. The molecule has 0 saturated heterocycles. The summed E-state index contributed by atoms with van der Waals surface area (Å²) >= 11 is 0. The second-order valence-corrected chi connectivity index (χ2v) is 7.29. The quantitative estimate of drug-likeness (QED) is 0.624. The average molecular weight is 424 g/mol. The number of hydrogen-bond acceptors (Lipinski definition) is 8. The first-order valence-corrected chi connectivity index (χ1v) is 9.46. The van der Waals surface area contributed by atoms with Gasteiger partial charge in [-0.05, 0) is 31.5 Å². The fraction of sp³-hybridized carbons (Fsp3) is 0.286. The first-order valence-electron chi connectivity index (χ1n) is 9.46. The van der Waals surface area contributed by atoms with E-state index in [-0.39, 0.29) is 28.6 Å². The van der Waals surface area contributed by atoms with Crippen LogP contribution in [0.15, 0.2) is 44.2 Å². The number of nitrogens with zero attached hydrogens (tertiary/aromatic N) is 1. The molecule has 160 valence electrons. The van der Waals surface area contributed by atoms with Gasteiger partial charge < -0.3 is 14.8 Å². The largest absolute Gasteiger partial charge is 0.493 e. The minimum absolute atomic E-state index is 0.135. The second kappa shape index (κ2) is 7.38. The lowest BCUT2D eigenvalue weighted by Crippen LogP contribution is -2.41. The van der Waals surface area contributed by atoms with Crippen molar-refractivity contribution in [3.8, 4) is 11.5 Å². The molecule has 0 saturated carbocycles. The summed E-state index contributed by atoms with van der Waals surface area (Å²) in [6, 6.07) is 4.99. The number of rotatable bonds is 4. The third-order valence-electron chi connectivity index (χ3n) is 5.44. The van der Waals surface area contributed by atoms with E-state index in [4.69, 9.17) is 9.47 Å². The number of ketones is 2. The Morgan fingerprint density at radius 3 is 2.42 bits per heavy atom. The van der Waals surface area contributed by atoms with Gasteiger partial charge in [0.05, 0.1) is 31.3 Å². The van der Waals surface area contributed by atoms with E-state index in [2.05, 4.69) is 20.3 Å². The predicted molar refractivity (Wildman–Crippen MR) is 112 cm³/mol. The Bertz CT molecular complexity index is 1300. The molecule has 0 amide bonds. The van der Waals surface area contributed by atoms with Gasteiger partial charge in [0.1, 0.15) is 23.3 Å². The molecule has 0 radical (unpaired) electrons. The van der Waals surface area contributed by atoms with Crippen molar-refractivity contribution < 1.29 is 19.1 Å². The lowest BCUT2D eigenvalue weighted by Gasteiger charge is -2.33. The van der Waals surface area contributed by atoms with Crippen LogP contribution in [-0.4, -0.2) is 41.5 Å². The van der Waals surface area contributed by atoms with Gasteiger partial charge in [-0.2, -0.15) is 0 Å². The summed E-state index contributed by atoms with van der Waals surface area (Å²) in [6.07, 6.45) is 0. The molecule has 10 heteroatoms. The van der Waals surface area contributed by atoms with Crippen molar-refractivity contribution >= 4 is 23.1 Å². The van der Waals surface area contributed by atoms with Crippen molar-refractivity contribution in [2.75, 3.05) is 19.5 Å². The normalized spacial score (nSPS) is 19.7. The van der Waals surface area contributed by atoms with Gasteiger partial charge in [-0.1, -0.05) is 6.07 Å². The van der Waals surface area contributed by atoms with Gasteiger partial charge in [0.25, 0.3) is 5.56 Å². The van der Waals surface area contributed by atoms with E-state index < -0.39 is 28.9 Å². The molecule has 0 spiro atoms. The van der Waals surface area contributed by atoms with Gasteiger partial charge in [-0.25, -0.2) is 9.79 Å². The predicted octanol–water partition coefficient (Wildman–Crippen LogP) is 1.10. The topological polar surface area (TPSA) is 143 Å². The first kappa shape index (κ1) is 20.3. The third-order valence-corrected chi connectivity index (χ3v) is 5.44. The van der Waals surface area contributed by atoms with Crippen molar-refractivity contribution in [1.82, 2.24) is 9.97 Å². The highest BCUT2D eigenvalue weighted by molar-refractivity contribution is 6.27. The fourth-order valence-corrected chi connectivity index (χ4v) is 4.11. The summed E-state index contributed by atoms with van der Waals surface area (Å²) in [6.45, 7) is 2.92. The lowest BCUT2D eigenvalue weighted by atomic mass is 9.76. The third kappa shape index (κ3) is 3.16. The maximum Gasteiger partial charge on any atom is 0.327 e. The monoisotopic (exact) mass is 424 g/mol. The van der Waals surface area contributed by atoms with E-state index in [0.29, 0.717) is 22.8 Å². The van der Waals surface area contributed by atoms with Crippen LogP contribution in [0.3, 0.4) is 0 Å². The molecule has 4 rings (SSSR count). The molecular weight excluding hydrogens is 404 g/mol. The van der Waals surface area contributed by atoms with Crippen LogP contribution in [0, 0.1) is 5.92 Å². The fourth-order valence-electron chi connectivity index (χ4n) is 4.11. The second-order valence-electron chi connectivity index (χ2n) is 7.29. The first-order chi connectivity index (χ1) is 14.8. The number of hydrogen-bond donors (Lipinski definition) is 3. The van der Waals surface area contributed by atoms with Crippen LogP contribution in [0.4, 0.5) is 5.82 Å². The van der Waals surface area contributed by atoms with Crippen molar-refractivity contribution in [2.24, 2.45) is 10.9 Å². The maximum absolute atomic E-state index is 13.4. The molecule has 2 unspecified atom stereocenters. The molecule has 0 fully saturated rings. The SMILES string of the molecule is COc1ccc(C2C3=C(N=C(C)C(C(C)=O)C3=O)Nc3[nH]c(=O)[nH]c(=O)c32)cc1OC. The molecule has 3 N–H and O–H groups in total. The number of allylic oxidation sites excluding steroid dienone is 1. The number of anilines is 1. The number of aromatic amines is 2. The number of Topliss-reactive ketones (excluding diaryl/α,β-unsaturated/α-hetero) is 2. The smallest absolute Gasteiger partial charge is 0.327 e. The van der Waals surface area contributed by atoms with Gasteiger partial charge in [0, 0.05) is 5.71 Å². The van der Waals surface area contributed by atoms with E-state index >= 15 is 0 Å². The summed E-state index contributed by atoms with van der Waals surface area (Å²) < 4.78 is 10.7. The zero-order valence-corrected chi connectivity index (χ0v) is 17.3. The summed E-state index contributed by atoms with van der Waals surface area (Å²) in [7, 11) is 2.96. The van der Waals surface area contributed by atoms with Gasteiger partial charge in [0.15, 0.2) is 17.3 Å². The highest BCUT2D eigenvalue weighted by atomic mass is 16.5. The molecule has 2 aliphatic heterocycles. The zero-order valence-electron chi connectivity index (χ0n) is 17.3. The number of ether oxygens (including phenoxy) is 2. The molecule has 31 heavy (non-hydrogen) atoms. The molecular formula is C21H20N4O6. The number of carbonyl (C=O) groups excluding carboxylic acids is 2. The molecule has 2 aliphatic rings. The lowest BCUT2D eigenvalue weighted by molar-refractivity contribution is -0.127. The van der Waals surface area contributed by atoms with Crippen LogP contribution >= 0.6 is 0 Å². The van der Waals surface area contributed by atoms with Crippen molar-refractivity contribution in [3.05, 3.63) is 61.6 Å². The maximum atomic E-state index is 13.4. The van der Waals surface area contributed by atoms with Gasteiger partial charge in [-0.3, -0.25) is 24.4 Å². The highest BCUT2D eigenvalue weighted by Crippen LogP contribution is 2.44. The number of aliphatic imine (C=N–C) groups is 1. The van der Waals surface area contributed by atoms with Crippen LogP contribution < -0.4 is 26.0 Å². The highest BCUT2D eigenvalue weighted by Gasteiger charge is 2.43. The van der Waals surface area contributed by atoms with Crippen molar-refractivity contribution in [3.63, 3.8) is 0 Å². The zero-order chi connectivity index (χ0) is 22.4. The Labute approximate surface area is 176 Å². The molecule has 2 aromatic rings. The summed E-state index contributed by atoms with van der Waals surface area (Å²) in [5.74, 6) is -1.52. The summed E-state index contributed by atoms with van der Waals surface area (Å²) in [4.78, 5) is 59.5. The van der Waals surface area contributed by atoms with Gasteiger partial charge in [0.2, 0.25) is 0 Å². The molecule has 3 heterocycles. The number of fused-ring (bicyclic) bond motifs is 1. The van der Waals surface area contributed by atoms with E-state index in [9.17, 15) is 19.2 Å². The van der Waals surface area contributed by atoms with E-state index in [1.165, 1.54) is 21.1 Å². The van der Waals surface area contributed by atoms with E-state index in [1.807, 2.05) is 0 Å². The van der Waals surface area contributed by atoms with Crippen LogP contribution in [0.5, 0.6) is 11.5 Å². The van der Waals surface area contributed by atoms with Crippen molar-refractivity contribution in [1.29, 1.82) is 0 Å². The Balaban J connectivity index is 2.03. The minimum Gasteiger partial charge on any atom is -0.493 e. The van der Waals surface area contributed by atoms with Crippen LogP contribution in [0.1, 0.15) is 30.9 Å². The van der Waals surface area contributed by atoms with Crippen LogP contribution in [0.2, 0.25) is 0 Å². The molecule has 1 aromatic carbocycles. The number of nitrogens with one attached hydrogen (secondary N) is 3.